The third kappa shape index (κ3) is 4.24. The fraction of sp³-hybridized carbons (Fsp3) is 0.125. The Kier molecular flexibility index (Phi) is 5.12. The van der Waals surface area contributed by atoms with Crippen LogP contribution >= 0.6 is 22.6 Å². The van der Waals surface area contributed by atoms with Gasteiger partial charge in [-0.1, -0.05) is 17.2 Å². The third-order valence-corrected chi connectivity index (χ3v) is 4.09. The average Bonchev–Trinajstić information content (AvgIpc) is 3.04. The van der Waals surface area contributed by atoms with E-state index in [-0.39, 0.29) is 11.9 Å². The summed E-state index contributed by atoms with van der Waals surface area (Å²) in [6.45, 7) is 0.429. The number of amides is 1. The molecule has 8 nitrogen and oxygen atoms in total. The zero-order valence-electron chi connectivity index (χ0n) is 13.3. The molecule has 0 unspecified atom stereocenters. The summed E-state index contributed by atoms with van der Waals surface area (Å²) >= 11 is 2.12. The molecule has 25 heavy (non-hydrogen) atoms. The zero-order valence-corrected chi connectivity index (χ0v) is 15.5. The highest BCUT2D eigenvalue weighted by Crippen LogP contribution is 2.17. The van der Waals surface area contributed by atoms with E-state index in [1.807, 2.05) is 30.3 Å². The molecule has 0 radical (unpaired) electrons. The van der Waals surface area contributed by atoms with Crippen molar-refractivity contribution in [1.82, 2.24) is 20.2 Å². The molecule has 0 bridgehead atoms. The van der Waals surface area contributed by atoms with Gasteiger partial charge in [-0.25, -0.2) is 0 Å². The number of halogens is 1. The van der Waals surface area contributed by atoms with Crippen LogP contribution in [0.1, 0.15) is 15.9 Å². The number of methoxy groups -OCH3 is 1. The number of aromatic nitrogens is 4. The van der Waals surface area contributed by atoms with Crippen LogP contribution < -0.4 is 15.8 Å². The first kappa shape index (κ1) is 17.1. The maximum absolute atomic E-state index is 12.3. The average molecular weight is 450 g/mol. The van der Waals surface area contributed by atoms with Crippen LogP contribution in [0.2, 0.25) is 0 Å². The minimum atomic E-state index is -0.375. The Morgan fingerprint density at radius 3 is 2.76 bits per heavy atom. The van der Waals surface area contributed by atoms with Crippen molar-refractivity contribution in [1.29, 1.82) is 0 Å². The van der Waals surface area contributed by atoms with E-state index in [0.717, 1.165) is 14.9 Å². The number of rotatable bonds is 5. The number of carbonyl (C=O) groups excluding carboxylic acids is 1. The molecule has 0 saturated heterocycles. The van der Waals surface area contributed by atoms with Gasteiger partial charge in [0.05, 0.1) is 19.2 Å². The molecule has 0 aliphatic carbocycles. The molecule has 0 spiro atoms. The molecule has 0 saturated carbocycles. The zero-order chi connectivity index (χ0) is 17.8. The Morgan fingerprint density at radius 2 is 2.04 bits per heavy atom. The summed E-state index contributed by atoms with van der Waals surface area (Å²) in [5.74, 6) is 0.523. The summed E-state index contributed by atoms with van der Waals surface area (Å²) in [6.07, 6.45) is 0. The topological polar surface area (TPSA) is 108 Å². The van der Waals surface area contributed by atoms with Gasteiger partial charge in [-0.15, -0.1) is 5.10 Å². The first-order valence-electron chi connectivity index (χ1n) is 7.32. The number of anilines is 2. The Bertz CT molecular complexity index is 894. The fourth-order valence-corrected chi connectivity index (χ4v) is 2.64. The van der Waals surface area contributed by atoms with Crippen molar-refractivity contribution in [2.24, 2.45) is 0 Å². The number of ether oxygens (including phenoxy) is 1. The number of nitrogens with two attached hydrogens (primary N) is 1. The van der Waals surface area contributed by atoms with Crippen LogP contribution in [0.4, 0.5) is 11.6 Å². The number of nitrogen functional groups attached to an aromatic ring is 1. The van der Waals surface area contributed by atoms with E-state index in [9.17, 15) is 4.79 Å². The first-order valence-corrected chi connectivity index (χ1v) is 8.40. The molecule has 2 aromatic carbocycles. The van der Waals surface area contributed by atoms with E-state index >= 15 is 0 Å². The van der Waals surface area contributed by atoms with Crippen molar-refractivity contribution in [3.05, 3.63) is 57.2 Å². The van der Waals surface area contributed by atoms with Gasteiger partial charge in [0.1, 0.15) is 5.75 Å². The number of nitrogens with one attached hydrogen (secondary N) is 1. The lowest BCUT2D eigenvalue weighted by molar-refractivity contribution is 0.102. The predicted octanol–water partition coefficient (Wildman–Crippen LogP) is 2.17. The van der Waals surface area contributed by atoms with Crippen LogP contribution in [0.25, 0.3) is 0 Å². The van der Waals surface area contributed by atoms with Crippen molar-refractivity contribution in [3.8, 4) is 5.75 Å². The predicted molar refractivity (Wildman–Crippen MR) is 101 cm³/mol. The molecule has 0 aliphatic heterocycles. The number of nitrogens with zero attached hydrogens (tertiary/aromatic N) is 4. The van der Waals surface area contributed by atoms with Gasteiger partial charge >= 0.3 is 0 Å². The molecule has 3 N–H and O–H groups in total. The number of hydrogen-bond acceptors (Lipinski definition) is 6. The van der Waals surface area contributed by atoms with Crippen LogP contribution in [-0.4, -0.2) is 33.2 Å². The standard InChI is InChI=1S/C16H15IN6O2/c1-25-12-5-2-10(3-6-12)9-23-21-16(20-22-23)19-15(24)13-8-11(17)4-7-14(13)18/h2-8H,9,18H2,1H3,(H,19,21,24). The molecule has 0 atom stereocenters. The smallest absolute Gasteiger partial charge is 0.270 e. The normalized spacial score (nSPS) is 10.5. The maximum Gasteiger partial charge on any atom is 0.270 e. The Hall–Kier alpha value is -2.69. The molecular weight excluding hydrogens is 435 g/mol. The summed E-state index contributed by atoms with van der Waals surface area (Å²) in [6, 6.07) is 12.7. The minimum Gasteiger partial charge on any atom is -0.497 e. The second-order valence-electron chi connectivity index (χ2n) is 5.18. The molecular formula is C16H15IN6O2. The van der Waals surface area contributed by atoms with E-state index in [1.54, 1.807) is 19.2 Å². The minimum absolute atomic E-state index is 0.122. The first-order chi connectivity index (χ1) is 12.0. The Morgan fingerprint density at radius 1 is 1.28 bits per heavy atom. The highest BCUT2D eigenvalue weighted by molar-refractivity contribution is 14.1. The molecule has 3 rings (SSSR count). The van der Waals surface area contributed by atoms with Crippen LogP contribution in [0.15, 0.2) is 42.5 Å². The fourth-order valence-electron chi connectivity index (χ4n) is 2.15. The summed E-state index contributed by atoms with van der Waals surface area (Å²) in [4.78, 5) is 13.7. The van der Waals surface area contributed by atoms with Gasteiger partial charge in [-0.05, 0) is 63.7 Å². The number of benzene rings is 2. The Balaban J connectivity index is 1.68. The number of tetrazole rings is 1. The summed E-state index contributed by atoms with van der Waals surface area (Å²) in [7, 11) is 1.61. The van der Waals surface area contributed by atoms with Crippen molar-refractivity contribution < 1.29 is 9.53 Å². The van der Waals surface area contributed by atoms with Crippen molar-refractivity contribution in [2.45, 2.75) is 6.54 Å². The quantitative estimate of drug-likeness (QED) is 0.456. The lowest BCUT2D eigenvalue weighted by Gasteiger charge is -2.05. The van der Waals surface area contributed by atoms with Crippen LogP contribution in [0, 0.1) is 3.57 Å². The molecule has 0 aliphatic rings. The maximum atomic E-state index is 12.3. The monoisotopic (exact) mass is 450 g/mol. The van der Waals surface area contributed by atoms with Gasteiger partial charge in [0, 0.05) is 9.26 Å². The largest absolute Gasteiger partial charge is 0.497 e. The van der Waals surface area contributed by atoms with Crippen LogP contribution in [-0.2, 0) is 6.54 Å². The summed E-state index contributed by atoms with van der Waals surface area (Å²) in [5, 5.41) is 14.5. The highest BCUT2D eigenvalue weighted by atomic mass is 127. The second-order valence-corrected chi connectivity index (χ2v) is 6.42. The van der Waals surface area contributed by atoms with Gasteiger partial charge in [0.25, 0.3) is 11.9 Å². The van der Waals surface area contributed by atoms with Gasteiger partial charge in [-0.2, -0.15) is 4.80 Å². The van der Waals surface area contributed by atoms with Crippen molar-refractivity contribution in [3.63, 3.8) is 0 Å². The molecule has 1 aromatic heterocycles. The SMILES string of the molecule is COc1ccc(Cn2nnc(NC(=O)c3cc(I)ccc3N)n2)cc1. The number of hydrogen-bond donors (Lipinski definition) is 2. The lowest BCUT2D eigenvalue weighted by atomic mass is 10.2. The van der Waals surface area contributed by atoms with Crippen molar-refractivity contribution >= 4 is 40.1 Å². The van der Waals surface area contributed by atoms with Crippen LogP contribution in [0.3, 0.4) is 0 Å². The van der Waals surface area contributed by atoms with Crippen LogP contribution in [0.5, 0.6) is 5.75 Å². The van der Waals surface area contributed by atoms with Gasteiger partial charge in [0.2, 0.25) is 0 Å². The van der Waals surface area contributed by atoms with E-state index in [0.29, 0.717) is 17.8 Å². The van der Waals surface area contributed by atoms with E-state index in [2.05, 4.69) is 43.3 Å². The third-order valence-electron chi connectivity index (χ3n) is 3.42. The summed E-state index contributed by atoms with van der Waals surface area (Å²) in [5.41, 5.74) is 7.59. The molecule has 3 aromatic rings. The van der Waals surface area contributed by atoms with E-state index in [4.69, 9.17) is 10.5 Å². The lowest BCUT2D eigenvalue weighted by Crippen LogP contribution is -2.15. The van der Waals surface area contributed by atoms with Crippen molar-refractivity contribution in [2.75, 3.05) is 18.2 Å². The van der Waals surface area contributed by atoms with Gasteiger partial charge in [0.15, 0.2) is 0 Å². The van der Waals surface area contributed by atoms with Gasteiger partial charge in [-0.3, -0.25) is 10.1 Å². The molecule has 128 valence electrons. The van der Waals surface area contributed by atoms with Gasteiger partial charge < -0.3 is 10.5 Å². The number of carbonyl (C=O) groups is 1. The summed E-state index contributed by atoms with van der Waals surface area (Å²) < 4.78 is 6.03. The second kappa shape index (κ2) is 7.47. The van der Waals surface area contributed by atoms with E-state index in [1.165, 1.54) is 4.80 Å². The molecule has 0 fully saturated rings. The Labute approximate surface area is 157 Å². The molecule has 1 amide bonds. The molecule has 9 heteroatoms. The molecule has 1 heterocycles. The highest BCUT2D eigenvalue weighted by Gasteiger charge is 2.13. The van der Waals surface area contributed by atoms with E-state index < -0.39 is 0 Å².